The molecule has 1 N–H and O–H groups in total. The maximum Gasteiger partial charge on any atom is 0.261 e. The number of carbonyl (C=O) groups excluding carboxylic acids is 1. The van der Waals surface area contributed by atoms with E-state index in [2.05, 4.69) is 17.4 Å². The highest BCUT2D eigenvalue weighted by molar-refractivity contribution is 7.12. The van der Waals surface area contributed by atoms with Crippen LogP contribution in [0.2, 0.25) is 0 Å². The van der Waals surface area contributed by atoms with E-state index in [1.54, 1.807) is 6.26 Å². The number of furan rings is 1. The molecule has 3 nitrogen and oxygen atoms in total. The summed E-state index contributed by atoms with van der Waals surface area (Å²) >= 11 is 1.43. The van der Waals surface area contributed by atoms with Gasteiger partial charge in [-0.3, -0.25) is 4.79 Å². The zero-order chi connectivity index (χ0) is 14.5. The van der Waals surface area contributed by atoms with Crippen LogP contribution in [0.4, 0.5) is 0 Å². The lowest BCUT2D eigenvalue weighted by Gasteiger charge is -2.03. The SMILES string of the molecule is O=C(NCCc1ccccc1)c1cc(-c2ccco2)cs1. The molecule has 21 heavy (non-hydrogen) atoms. The third-order valence-electron chi connectivity index (χ3n) is 3.17. The molecule has 0 saturated heterocycles. The minimum Gasteiger partial charge on any atom is -0.464 e. The van der Waals surface area contributed by atoms with Crippen molar-refractivity contribution in [1.82, 2.24) is 5.32 Å². The summed E-state index contributed by atoms with van der Waals surface area (Å²) in [5, 5.41) is 4.88. The Kier molecular flexibility index (Phi) is 4.17. The van der Waals surface area contributed by atoms with Crippen molar-refractivity contribution < 1.29 is 9.21 Å². The smallest absolute Gasteiger partial charge is 0.261 e. The summed E-state index contributed by atoms with van der Waals surface area (Å²) in [5.74, 6) is 0.753. The molecule has 0 fully saturated rings. The molecular weight excluding hydrogens is 282 g/mol. The van der Waals surface area contributed by atoms with Gasteiger partial charge in [0.05, 0.1) is 11.1 Å². The van der Waals surface area contributed by atoms with E-state index >= 15 is 0 Å². The average Bonchev–Trinajstić information content (AvgIpc) is 3.19. The van der Waals surface area contributed by atoms with Crippen molar-refractivity contribution in [1.29, 1.82) is 0 Å². The van der Waals surface area contributed by atoms with E-state index in [4.69, 9.17) is 4.42 Å². The van der Waals surface area contributed by atoms with Gasteiger partial charge in [0, 0.05) is 17.5 Å². The number of thiophene rings is 1. The quantitative estimate of drug-likeness (QED) is 0.774. The van der Waals surface area contributed by atoms with Crippen LogP contribution in [0, 0.1) is 0 Å². The van der Waals surface area contributed by atoms with Gasteiger partial charge in [0.15, 0.2) is 0 Å². The average molecular weight is 297 g/mol. The van der Waals surface area contributed by atoms with Crippen LogP contribution in [0.25, 0.3) is 11.3 Å². The third-order valence-corrected chi connectivity index (χ3v) is 4.10. The van der Waals surface area contributed by atoms with Gasteiger partial charge < -0.3 is 9.73 Å². The minimum atomic E-state index is -0.0336. The largest absolute Gasteiger partial charge is 0.464 e. The second kappa shape index (κ2) is 6.41. The molecule has 1 amide bonds. The molecule has 0 radical (unpaired) electrons. The molecule has 0 aliphatic rings. The molecule has 106 valence electrons. The molecule has 0 spiro atoms. The van der Waals surface area contributed by atoms with Crippen molar-refractivity contribution in [3.63, 3.8) is 0 Å². The van der Waals surface area contributed by atoms with Crippen LogP contribution >= 0.6 is 11.3 Å². The monoisotopic (exact) mass is 297 g/mol. The Morgan fingerprint density at radius 2 is 2.00 bits per heavy atom. The number of carbonyl (C=O) groups is 1. The van der Waals surface area contributed by atoms with Crippen molar-refractivity contribution in [3.8, 4) is 11.3 Å². The van der Waals surface area contributed by atoms with Gasteiger partial charge in [-0.2, -0.15) is 0 Å². The zero-order valence-corrected chi connectivity index (χ0v) is 12.2. The number of rotatable bonds is 5. The summed E-state index contributed by atoms with van der Waals surface area (Å²) < 4.78 is 5.33. The molecule has 0 saturated carbocycles. The van der Waals surface area contributed by atoms with Gasteiger partial charge in [-0.1, -0.05) is 30.3 Å². The van der Waals surface area contributed by atoms with Crippen molar-refractivity contribution in [2.45, 2.75) is 6.42 Å². The molecular formula is C17H15NO2S. The molecule has 2 aromatic heterocycles. The maximum atomic E-state index is 12.1. The summed E-state index contributed by atoms with van der Waals surface area (Å²) in [6, 6.07) is 15.7. The Morgan fingerprint density at radius 1 is 1.14 bits per heavy atom. The van der Waals surface area contributed by atoms with Crippen molar-refractivity contribution >= 4 is 17.2 Å². The Hall–Kier alpha value is -2.33. The van der Waals surface area contributed by atoms with E-state index in [9.17, 15) is 4.79 Å². The van der Waals surface area contributed by atoms with E-state index in [-0.39, 0.29) is 5.91 Å². The van der Waals surface area contributed by atoms with Gasteiger partial charge >= 0.3 is 0 Å². The van der Waals surface area contributed by atoms with Gasteiger partial charge in [-0.05, 0) is 30.2 Å². The lowest BCUT2D eigenvalue weighted by Crippen LogP contribution is -2.24. The molecule has 0 aliphatic carbocycles. The molecule has 3 rings (SSSR count). The van der Waals surface area contributed by atoms with E-state index < -0.39 is 0 Å². The van der Waals surface area contributed by atoms with Crippen molar-refractivity contribution in [2.24, 2.45) is 0 Å². The standard InChI is InChI=1S/C17H15NO2S/c19-17(18-9-8-13-5-2-1-3-6-13)16-11-14(12-21-16)15-7-4-10-20-15/h1-7,10-12H,8-9H2,(H,18,19). The van der Waals surface area contributed by atoms with Gasteiger partial charge in [0.25, 0.3) is 5.91 Å². The predicted molar refractivity (Wildman–Crippen MR) is 84.5 cm³/mol. The fourth-order valence-corrected chi connectivity index (χ4v) is 2.89. The fourth-order valence-electron chi connectivity index (χ4n) is 2.08. The number of benzene rings is 1. The highest BCUT2D eigenvalue weighted by Gasteiger charge is 2.10. The van der Waals surface area contributed by atoms with Gasteiger partial charge in [-0.25, -0.2) is 0 Å². The van der Waals surface area contributed by atoms with Crippen LogP contribution in [0.1, 0.15) is 15.2 Å². The molecule has 0 unspecified atom stereocenters. The second-order valence-electron chi connectivity index (χ2n) is 4.67. The lowest BCUT2D eigenvalue weighted by atomic mass is 10.1. The number of amides is 1. The number of hydrogen-bond acceptors (Lipinski definition) is 3. The van der Waals surface area contributed by atoms with Crippen molar-refractivity contribution in [3.05, 3.63) is 70.6 Å². The fraction of sp³-hybridized carbons (Fsp3) is 0.118. The Balaban J connectivity index is 1.56. The summed E-state index contributed by atoms with van der Waals surface area (Å²) in [6.07, 6.45) is 2.47. The summed E-state index contributed by atoms with van der Waals surface area (Å²) in [6.45, 7) is 0.636. The van der Waals surface area contributed by atoms with Crippen LogP contribution in [0.3, 0.4) is 0 Å². The molecule has 3 aromatic rings. The molecule has 0 atom stereocenters. The topological polar surface area (TPSA) is 42.2 Å². The van der Waals surface area contributed by atoms with E-state index in [0.29, 0.717) is 11.4 Å². The summed E-state index contributed by atoms with van der Waals surface area (Å²) in [7, 11) is 0. The highest BCUT2D eigenvalue weighted by Crippen LogP contribution is 2.25. The molecule has 0 aliphatic heterocycles. The van der Waals surface area contributed by atoms with Gasteiger partial charge in [-0.15, -0.1) is 11.3 Å². The highest BCUT2D eigenvalue weighted by atomic mass is 32.1. The first-order valence-corrected chi connectivity index (χ1v) is 7.65. The number of nitrogens with one attached hydrogen (secondary N) is 1. The van der Waals surface area contributed by atoms with Crippen LogP contribution < -0.4 is 5.32 Å². The first-order valence-electron chi connectivity index (χ1n) is 6.77. The van der Waals surface area contributed by atoms with Gasteiger partial charge in [0.1, 0.15) is 5.76 Å². The molecule has 4 heteroatoms. The Morgan fingerprint density at radius 3 is 2.76 bits per heavy atom. The normalized spacial score (nSPS) is 10.5. The number of hydrogen-bond donors (Lipinski definition) is 1. The Labute approximate surface area is 127 Å². The van der Waals surface area contributed by atoms with Crippen LogP contribution in [-0.4, -0.2) is 12.5 Å². The predicted octanol–water partition coefficient (Wildman–Crippen LogP) is 3.98. The van der Waals surface area contributed by atoms with E-state index in [1.165, 1.54) is 16.9 Å². The molecule has 1 aromatic carbocycles. The van der Waals surface area contributed by atoms with Crippen LogP contribution in [0.15, 0.2) is 64.6 Å². The van der Waals surface area contributed by atoms with E-state index in [0.717, 1.165) is 17.7 Å². The molecule has 2 heterocycles. The van der Waals surface area contributed by atoms with Gasteiger partial charge in [0.2, 0.25) is 0 Å². The van der Waals surface area contributed by atoms with Crippen LogP contribution in [0.5, 0.6) is 0 Å². The summed E-state index contributed by atoms with van der Waals surface area (Å²) in [5.41, 5.74) is 2.17. The van der Waals surface area contributed by atoms with Crippen LogP contribution in [-0.2, 0) is 6.42 Å². The first kappa shape index (κ1) is 13.6. The maximum absolute atomic E-state index is 12.1. The van der Waals surface area contributed by atoms with E-state index in [1.807, 2.05) is 41.8 Å². The first-order chi connectivity index (χ1) is 10.3. The lowest BCUT2D eigenvalue weighted by molar-refractivity contribution is 0.0958. The summed E-state index contributed by atoms with van der Waals surface area (Å²) in [4.78, 5) is 12.8. The molecule has 0 bridgehead atoms. The minimum absolute atomic E-state index is 0.0336. The van der Waals surface area contributed by atoms with Crippen molar-refractivity contribution in [2.75, 3.05) is 6.54 Å². The second-order valence-corrected chi connectivity index (χ2v) is 5.58. The Bertz CT molecular complexity index is 701. The zero-order valence-electron chi connectivity index (χ0n) is 11.4. The third kappa shape index (κ3) is 3.41.